The summed E-state index contributed by atoms with van der Waals surface area (Å²) in [4.78, 5) is 38.3. The number of carbonyl (C=O) groups excluding carboxylic acids is 3. The van der Waals surface area contributed by atoms with E-state index in [2.05, 4.69) is 10.1 Å². The zero-order chi connectivity index (χ0) is 24.5. The van der Waals surface area contributed by atoms with Crippen LogP contribution in [-0.4, -0.2) is 31.3 Å². The molecular weight excluding hydrogens is 457 g/mol. The number of nitrogens with one attached hydrogen (secondary N) is 1. The number of nitrogens with zero attached hydrogens (tertiary/aromatic N) is 1. The van der Waals surface area contributed by atoms with E-state index in [1.165, 1.54) is 49.6 Å². The minimum Gasteiger partial charge on any atom is -0.497 e. The summed E-state index contributed by atoms with van der Waals surface area (Å²) in [6.07, 6.45) is -3.63. The van der Waals surface area contributed by atoms with Crippen LogP contribution in [0.15, 0.2) is 70.7 Å². The lowest BCUT2D eigenvalue weighted by atomic mass is 10.1. The van der Waals surface area contributed by atoms with Crippen LogP contribution in [0.25, 0.3) is 17.4 Å². The predicted molar refractivity (Wildman–Crippen MR) is 113 cm³/mol. The Morgan fingerprint density at radius 1 is 0.912 bits per heavy atom. The molecule has 8 nitrogen and oxygen atoms in total. The molecule has 0 radical (unpaired) electrons. The number of barbiturate groups is 1. The summed E-state index contributed by atoms with van der Waals surface area (Å²) >= 11 is 0. The minimum atomic E-state index is -4.81. The molecule has 1 aliphatic rings. The van der Waals surface area contributed by atoms with Crippen LogP contribution in [-0.2, 0) is 9.59 Å². The van der Waals surface area contributed by atoms with Gasteiger partial charge in [-0.2, -0.15) is 0 Å². The Morgan fingerprint density at radius 2 is 1.56 bits per heavy atom. The molecule has 174 valence electrons. The van der Waals surface area contributed by atoms with Crippen molar-refractivity contribution in [2.75, 3.05) is 12.0 Å². The van der Waals surface area contributed by atoms with Gasteiger partial charge in [0.05, 0.1) is 12.8 Å². The van der Waals surface area contributed by atoms with Gasteiger partial charge in [-0.1, -0.05) is 0 Å². The monoisotopic (exact) mass is 472 g/mol. The summed E-state index contributed by atoms with van der Waals surface area (Å²) in [7, 11) is 1.47. The second-order valence-electron chi connectivity index (χ2n) is 6.93. The average molecular weight is 472 g/mol. The Hall–Kier alpha value is -4.54. The van der Waals surface area contributed by atoms with Crippen LogP contribution >= 0.6 is 0 Å². The third-order valence-corrected chi connectivity index (χ3v) is 4.72. The summed E-state index contributed by atoms with van der Waals surface area (Å²) in [6.45, 7) is 0. The molecular formula is C23H15F3N2O6. The number of furan rings is 1. The molecule has 0 spiro atoms. The molecule has 1 N–H and O–H groups in total. The molecule has 0 aliphatic carbocycles. The van der Waals surface area contributed by atoms with E-state index < -0.39 is 30.0 Å². The lowest BCUT2D eigenvalue weighted by Crippen LogP contribution is -2.54. The van der Waals surface area contributed by atoms with Crippen LogP contribution in [0.2, 0.25) is 0 Å². The molecule has 1 aliphatic heterocycles. The predicted octanol–water partition coefficient (Wildman–Crippen LogP) is 4.52. The maximum absolute atomic E-state index is 12.9. The number of imide groups is 2. The van der Waals surface area contributed by atoms with Gasteiger partial charge in [-0.25, -0.2) is 9.69 Å². The number of methoxy groups -OCH3 is 1. The number of anilines is 1. The number of halogens is 3. The van der Waals surface area contributed by atoms with Gasteiger partial charge >= 0.3 is 12.4 Å². The summed E-state index contributed by atoms with van der Waals surface area (Å²) in [5, 5.41) is 2.10. The first kappa shape index (κ1) is 22.6. The van der Waals surface area contributed by atoms with Gasteiger partial charge in [-0.3, -0.25) is 14.9 Å². The van der Waals surface area contributed by atoms with Crippen molar-refractivity contribution >= 4 is 29.6 Å². The molecule has 1 fully saturated rings. The summed E-state index contributed by atoms with van der Waals surface area (Å²) in [5.74, 6) is -1.23. The van der Waals surface area contributed by atoms with E-state index in [0.29, 0.717) is 11.3 Å². The van der Waals surface area contributed by atoms with Gasteiger partial charge in [-0.05, 0) is 66.7 Å². The fourth-order valence-electron chi connectivity index (χ4n) is 3.17. The van der Waals surface area contributed by atoms with Gasteiger partial charge in [0.2, 0.25) is 0 Å². The van der Waals surface area contributed by atoms with Gasteiger partial charge in [0, 0.05) is 5.56 Å². The smallest absolute Gasteiger partial charge is 0.497 e. The van der Waals surface area contributed by atoms with Crippen molar-refractivity contribution in [3.05, 3.63) is 72.0 Å². The van der Waals surface area contributed by atoms with E-state index in [4.69, 9.17) is 9.15 Å². The zero-order valence-corrected chi connectivity index (χ0v) is 17.4. The zero-order valence-electron chi connectivity index (χ0n) is 17.4. The number of hydrogen-bond acceptors (Lipinski definition) is 6. The number of carbonyl (C=O) groups is 3. The lowest BCUT2D eigenvalue weighted by Gasteiger charge is -2.26. The highest BCUT2D eigenvalue weighted by atomic mass is 19.4. The normalized spacial score (nSPS) is 15.5. The minimum absolute atomic E-state index is 0.119. The molecule has 2 aromatic carbocycles. The van der Waals surface area contributed by atoms with Gasteiger partial charge < -0.3 is 13.9 Å². The van der Waals surface area contributed by atoms with E-state index in [-0.39, 0.29) is 22.8 Å². The van der Waals surface area contributed by atoms with Crippen molar-refractivity contribution in [1.82, 2.24) is 5.32 Å². The Labute approximate surface area is 190 Å². The highest BCUT2D eigenvalue weighted by Gasteiger charge is 2.37. The first-order valence-corrected chi connectivity index (χ1v) is 9.66. The fraction of sp³-hybridized carbons (Fsp3) is 0.0870. The number of alkyl halides is 3. The van der Waals surface area contributed by atoms with Gasteiger partial charge in [0.15, 0.2) is 0 Å². The second kappa shape index (κ2) is 8.77. The Morgan fingerprint density at radius 3 is 2.18 bits per heavy atom. The largest absolute Gasteiger partial charge is 0.573 e. The Kier molecular flexibility index (Phi) is 5.84. The van der Waals surface area contributed by atoms with E-state index in [1.54, 1.807) is 12.1 Å². The molecule has 1 saturated heterocycles. The van der Waals surface area contributed by atoms with Gasteiger partial charge in [0.1, 0.15) is 28.6 Å². The molecule has 34 heavy (non-hydrogen) atoms. The summed E-state index contributed by atoms with van der Waals surface area (Å²) in [5.41, 5.74) is 0.321. The molecule has 2 heterocycles. The number of ether oxygens (including phenoxy) is 2. The van der Waals surface area contributed by atoms with Crippen molar-refractivity contribution in [3.63, 3.8) is 0 Å². The van der Waals surface area contributed by atoms with Crippen LogP contribution in [0.3, 0.4) is 0 Å². The lowest BCUT2D eigenvalue weighted by molar-refractivity contribution is -0.274. The van der Waals surface area contributed by atoms with Crippen LogP contribution in [0.4, 0.5) is 23.7 Å². The van der Waals surface area contributed by atoms with Crippen LogP contribution < -0.4 is 19.7 Å². The summed E-state index contributed by atoms with van der Waals surface area (Å²) < 4.78 is 51.4. The number of amides is 4. The van der Waals surface area contributed by atoms with E-state index in [1.807, 2.05) is 0 Å². The molecule has 3 aromatic rings. The van der Waals surface area contributed by atoms with Crippen molar-refractivity contribution in [2.45, 2.75) is 6.36 Å². The summed E-state index contributed by atoms with van der Waals surface area (Å²) in [6, 6.07) is 13.1. The van der Waals surface area contributed by atoms with Crippen LogP contribution in [0.5, 0.6) is 11.5 Å². The quantitative estimate of drug-likeness (QED) is 0.433. The van der Waals surface area contributed by atoms with E-state index >= 15 is 0 Å². The first-order valence-electron chi connectivity index (χ1n) is 9.66. The van der Waals surface area contributed by atoms with Crippen LogP contribution in [0, 0.1) is 0 Å². The van der Waals surface area contributed by atoms with E-state index in [0.717, 1.165) is 17.0 Å². The highest BCUT2D eigenvalue weighted by Crippen LogP contribution is 2.29. The SMILES string of the molecule is COc1ccc(N2C(=O)NC(=O)/C(=C\c3ccc(-c4ccc(OC(F)(F)F)cc4)o3)C2=O)cc1. The Balaban J connectivity index is 1.58. The number of benzene rings is 2. The topological polar surface area (TPSA) is 98.1 Å². The van der Waals surface area contributed by atoms with Gasteiger partial charge in [-0.15, -0.1) is 13.2 Å². The highest BCUT2D eigenvalue weighted by molar-refractivity contribution is 6.39. The Bertz CT molecular complexity index is 1280. The van der Waals surface area contributed by atoms with Crippen molar-refractivity contribution in [2.24, 2.45) is 0 Å². The van der Waals surface area contributed by atoms with E-state index in [9.17, 15) is 27.6 Å². The average Bonchev–Trinajstić information content (AvgIpc) is 3.25. The number of hydrogen-bond donors (Lipinski definition) is 1. The van der Waals surface area contributed by atoms with Crippen LogP contribution in [0.1, 0.15) is 5.76 Å². The first-order chi connectivity index (χ1) is 16.1. The fourth-order valence-corrected chi connectivity index (χ4v) is 3.17. The third-order valence-electron chi connectivity index (χ3n) is 4.72. The second-order valence-corrected chi connectivity index (χ2v) is 6.93. The molecule has 0 atom stereocenters. The maximum atomic E-state index is 12.9. The third kappa shape index (κ3) is 4.77. The van der Waals surface area contributed by atoms with Crippen molar-refractivity contribution in [1.29, 1.82) is 0 Å². The molecule has 1 aromatic heterocycles. The van der Waals surface area contributed by atoms with Crippen molar-refractivity contribution in [3.8, 4) is 22.8 Å². The van der Waals surface area contributed by atoms with Crippen molar-refractivity contribution < 1.29 is 41.4 Å². The molecule has 0 bridgehead atoms. The van der Waals surface area contributed by atoms with Gasteiger partial charge in [0.25, 0.3) is 11.8 Å². The molecule has 0 saturated carbocycles. The standard InChI is InChI=1S/C23H15F3N2O6/c1-32-15-8-4-14(5-9-15)28-21(30)18(20(29)27-22(28)31)12-17-10-11-19(33-17)13-2-6-16(7-3-13)34-23(24,25)26/h2-12H,1H3,(H,27,29,31)/b18-12+. The molecule has 4 rings (SSSR count). The molecule has 0 unspecified atom stereocenters. The maximum Gasteiger partial charge on any atom is 0.573 e. The molecule has 4 amide bonds. The number of rotatable bonds is 5. The number of urea groups is 1. The molecule has 11 heteroatoms.